The Morgan fingerprint density at radius 3 is 2.86 bits per heavy atom. The molecule has 0 bridgehead atoms. The maximum absolute atomic E-state index is 12.6. The highest BCUT2D eigenvalue weighted by Crippen LogP contribution is 2.33. The van der Waals surface area contributed by atoms with E-state index in [1.165, 1.54) is 23.8 Å². The molecule has 2 aliphatic rings. The third-order valence-corrected chi connectivity index (χ3v) is 5.66. The zero-order chi connectivity index (χ0) is 20.5. The fourth-order valence-electron chi connectivity index (χ4n) is 3.04. The van der Waals surface area contributed by atoms with E-state index in [-0.39, 0.29) is 17.6 Å². The molecule has 148 valence electrons. The summed E-state index contributed by atoms with van der Waals surface area (Å²) in [4.78, 5) is 35.5. The maximum atomic E-state index is 12.6. The molecule has 0 saturated carbocycles. The predicted molar refractivity (Wildman–Crippen MR) is 115 cm³/mol. The van der Waals surface area contributed by atoms with Crippen LogP contribution in [0.4, 0.5) is 11.4 Å². The number of nitrogens with zero attached hydrogens (tertiary/aromatic N) is 3. The van der Waals surface area contributed by atoms with Gasteiger partial charge in [-0.25, -0.2) is 9.89 Å². The molecule has 2 amide bonds. The molecule has 1 N–H and O–H groups in total. The van der Waals surface area contributed by atoms with Crippen LogP contribution in [0.3, 0.4) is 0 Å². The number of ether oxygens (including phenoxy) is 1. The normalized spacial score (nSPS) is 17.3. The van der Waals surface area contributed by atoms with Gasteiger partial charge in [0.05, 0.1) is 23.6 Å². The number of halogens is 1. The zero-order valence-electron chi connectivity index (χ0n) is 15.7. The maximum Gasteiger partial charge on any atom is 0.258 e. The first kappa shape index (κ1) is 19.5. The number of carbonyl (C=O) groups is 2. The molecule has 4 rings (SSSR count). The number of benzene rings is 2. The molecule has 0 fully saturated rings. The average Bonchev–Trinajstić information content (AvgIpc) is 3.01. The van der Waals surface area contributed by atoms with Gasteiger partial charge in [0.25, 0.3) is 5.91 Å². The van der Waals surface area contributed by atoms with Crippen LogP contribution in [0.5, 0.6) is 5.75 Å². The van der Waals surface area contributed by atoms with Crippen molar-refractivity contribution in [2.24, 2.45) is 9.98 Å². The first-order chi connectivity index (χ1) is 14.0. The van der Waals surface area contributed by atoms with E-state index in [2.05, 4.69) is 15.3 Å². The summed E-state index contributed by atoms with van der Waals surface area (Å²) in [5.41, 5.74) is 2.10. The van der Waals surface area contributed by atoms with Gasteiger partial charge in [-0.05, 0) is 37.3 Å². The number of methoxy groups -OCH3 is 1. The van der Waals surface area contributed by atoms with Crippen molar-refractivity contribution in [3.63, 3.8) is 0 Å². The first-order valence-electron chi connectivity index (χ1n) is 8.84. The van der Waals surface area contributed by atoms with Crippen molar-refractivity contribution in [1.82, 2.24) is 4.90 Å². The lowest BCUT2D eigenvalue weighted by molar-refractivity contribution is -0.124. The molecule has 2 aliphatic heterocycles. The number of nitrogens with one attached hydrogen (secondary N) is 1. The standard InChI is InChI=1S/C20H17ClN4O3S/c1-11-19(27)25-18(22-11)13-5-3-4-6-15(13)24-20(25)29-10-17(26)23-12-7-8-16(28-2)14(21)9-12/h3-9,11H,10H2,1-2H3,(H,23,26)/t11-/m1/s1. The molecule has 0 aliphatic carbocycles. The van der Waals surface area contributed by atoms with Crippen LogP contribution in [-0.4, -0.2) is 46.6 Å². The van der Waals surface area contributed by atoms with Crippen LogP contribution < -0.4 is 10.1 Å². The summed E-state index contributed by atoms with van der Waals surface area (Å²) >= 11 is 7.28. The molecule has 0 radical (unpaired) electrons. The number of aliphatic imine (C=N–C) groups is 2. The largest absolute Gasteiger partial charge is 0.495 e. The monoisotopic (exact) mass is 428 g/mol. The summed E-state index contributed by atoms with van der Waals surface area (Å²) in [7, 11) is 1.53. The molecule has 2 aromatic rings. The van der Waals surface area contributed by atoms with Crippen molar-refractivity contribution in [2.75, 3.05) is 18.2 Å². The Labute approximate surface area is 176 Å². The fourth-order valence-corrected chi connectivity index (χ4v) is 4.10. The van der Waals surface area contributed by atoms with Crippen LogP contribution in [-0.2, 0) is 9.59 Å². The van der Waals surface area contributed by atoms with Crippen molar-refractivity contribution in [3.05, 3.63) is 53.1 Å². The fraction of sp³-hybridized carbons (Fsp3) is 0.200. The van der Waals surface area contributed by atoms with Gasteiger partial charge in [-0.2, -0.15) is 0 Å². The molecule has 2 aromatic carbocycles. The van der Waals surface area contributed by atoms with Crippen molar-refractivity contribution in [2.45, 2.75) is 13.0 Å². The van der Waals surface area contributed by atoms with Crippen LogP contribution >= 0.6 is 23.4 Å². The van der Waals surface area contributed by atoms with Gasteiger partial charge < -0.3 is 10.1 Å². The Kier molecular flexibility index (Phi) is 5.29. The van der Waals surface area contributed by atoms with E-state index in [4.69, 9.17) is 16.3 Å². The third-order valence-electron chi connectivity index (χ3n) is 4.43. The lowest BCUT2D eigenvalue weighted by Gasteiger charge is -2.25. The topological polar surface area (TPSA) is 83.4 Å². The van der Waals surface area contributed by atoms with Crippen molar-refractivity contribution >= 4 is 57.6 Å². The second-order valence-corrected chi connectivity index (χ2v) is 7.75. The lowest BCUT2D eigenvalue weighted by Crippen LogP contribution is -2.41. The first-order valence-corrected chi connectivity index (χ1v) is 10.2. The molecular formula is C20H17ClN4O3S. The quantitative estimate of drug-likeness (QED) is 0.804. The summed E-state index contributed by atoms with van der Waals surface area (Å²) in [5.74, 6) is 0.801. The Morgan fingerprint density at radius 1 is 1.31 bits per heavy atom. The lowest BCUT2D eigenvalue weighted by atomic mass is 10.1. The molecule has 9 heteroatoms. The highest BCUT2D eigenvalue weighted by Gasteiger charge is 2.39. The number of carbonyl (C=O) groups excluding carboxylic acids is 2. The molecule has 2 heterocycles. The van der Waals surface area contributed by atoms with Crippen LogP contribution in [0, 0.1) is 0 Å². The second-order valence-electron chi connectivity index (χ2n) is 6.40. The molecular weight excluding hydrogens is 412 g/mol. The SMILES string of the molecule is COc1ccc(NC(=O)CSC2=Nc3ccccc3C3=N[C@H](C)C(=O)N23)cc1Cl. The molecule has 0 unspecified atom stereocenters. The second kappa shape index (κ2) is 7.88. The Balaban J connectivity index is 1.50. The van der Waals surface area contributed by atoms with Gasteiger partial charge in [-0.3, -0.25) is 14.6 Å². The number of hydrogen-bond acceptors (Lipinski definition) is 6. The molecule has 0 aromatic heterocycles. The minimum atomic E-state index is -0.475. The van der Waals surface area contributed by atoms with Gasteiger partial charge in [0.15, 0.2) is 5.17 Å². The van der Waals surface area contributed by atoms with Crippen molar-refractivity contribution in [3.8, 4) is 5.75 Å². The summed E-state index contributed by atoms with van der Waals surface area (Å²) < 4.78 is 5.11. The van der Waals surface area contributed by atoms with Gasteiger partial charge in [0, 0.05) is 11.3 Å². The van der Waals surface area contributed by atoms with Gasteiger partial charge in [-0.1, -0.05) is 35.5 Å². The van der Waals surface area contributed by atoms with Crippen LogP contribution in [0.15, 0.2) is 52.4 Å². The zero-order valence-corrected chi connectivity index (χ0v) is 17.3. The third kappa shape index (κ3) is 3.73. The van der Waals surface area contributed by atoms with Gasteiger partial charge >= 0.3 is 0 Å². The Morgan fingerprint density at radius 2 is 2.10 bits per heavy atom. The number of amidine groups is 2. The summed E-state index contributed by atoms with van der Waals surface area (Å²) in [6.07, 6.45) is 0. The minimum absolute atomic E-state index is 0.0795. The highest BCUT2D eigenvalue weighted by atomic mass is 35.5. The van der Waals surface area contributed by atoms with E-state index in [0.717, 1.165) is 11.3 Å². The molecule has 0 saturated heterocycles. The van der Waals surface area contributed by atoms with Gasteiger partial charge in [-0.15, -0.1) is 0 Å². The minimum Gasteiger partial charge on any atom is -0.495 e. The Hall–Kier alpha value is -2.84. The smallest absolute Gasteiger partial charge is 0.258 e. The van der Waals surface area contributed by atoms with E-state index in [9.17, 15) is 9.59 Å². The number of hydrogen-bond donors (Lipinski definition) is 1. The molecule has 7 nitrogen and oxygen atoms in total. The summed E-state index contributed by atoms with van der Waals surface area (Å²) in [6, 6.07) is 12.0. The number of fused-ring (bicyclic) bond motifs is 3. The number of anilines is 1. The Bertz CT molecular complexity index is 1070. The van der Waals surface area contributed by atoms with Crippen molar-refractivity contribution < 1.29 is 14.3 Å². The number of thioether (sulfide) groups is 1. The summed E-state index contributed by atoms with van der Waals surface area (Å²) in [5, 5.41) is 3.63. The van der Waals surface area contributed by atoms with Crippen LogP contribution in [0.1, 0.15) is 12.5 Å². The number of amides is 2. The van der Waals surface area contributed by atoms with Gasteiger partial charge in [0.1, 0.15) is 17.6 Å². The van der Waals surface area contributed by atoms with E-state index in [1.807, 2.05) is 24.3 Å². The summed E-state index contributed by atoms with van der Waals surface area (Å²) in [6.45, 7) is 1.75. The van der Waals surface area contributed by atoms with E-state index in [0.29, 0.717) is 27.5 Å². The molecule has 0 spiro atoms. The van der Waals surface area contributed by atoms with Gasteiger partial charge in [0.2, 0.25) is 5.91 Å². The predicted octanol–water partition coefficient (Wildman–Crippen LogP) is 3.70. The number of para-hydroxylation sites is 1. The highest BCUT2D eigenvalue weighted by molar-refractivity contribution is 8.14. The van der Waals surface area contributed by atoms with Crippen LogP contribution in [0.2, 0.25) is 5.02 Å². The molecule has 1 atom stereocenters. The number of rotatable bonds is 4. The van der Waals surface area contributed by atoms with Crippen molar-refractivity contribution in [1.29, 1.82) is 0 Å². The average molecular weight is 429 g/mol. The molecule has 29 heavy (non-hydrogen) atoms. The van der Waals surface area contributed by atoms with E-state index < -0.39 is 6.04 Å². The van der Waals surface area contributed by atoms with E-state index in [1.54, 1.807) is 25.1 Å². The van der Waals surface area contributed by atoms with E-state index >= 15 is 0 Å². The van der Waals surface area contributed by atoms with Crippen LogP contribution in [0.25, 0.3) is 0 Å².